The first kappa shape index (κ1) is 15.4. The molecule has 0 spiro atoms. The van der Waals surface area contributed by atoms with Gasteiger partial charge in [-0.1, -0.05) is 17.7 Å². The third kappa shape index (κ3) is 3.75. The van der Waals surface area contributed by atoms with Crippen LogP contribution < -0.4 is 10.5 Å². The van der Waals surface area contributed by atoms with Crippen LogP contribution in [-0.4, -0.2) is 19.3 Å². The molecular formula is C12H9ClFN3O3S. The number of nitrogens with zero attached hydrogens (tertiary/aromatic N) is 1. The van der Waals surface area contributed by atoms with Gasteiger partial charge in [-0.2, -0.15) is 4.39 Å². The van der Waals surface area contributed by atoms with Gasteiger partial charge >= 0.3 is 0 Å². The molecule has 0 saturated carbocycles. The quantitative estimate of drug-likeness (QED) is 0.838. The number of primary sulfonamides is 1. The number of sulfonamides is 1. The van der Waals surface area contributed by atoms with E-state index in [0.717, 1.165) is 12.1 Å². The van der Waals surface area contributed by atoms with E-state index in [9.17, 15) is 17.6 Å². The minimum Gasteiger partial charge on any atom is -0.319 e. The Hall–Kier alpha value is -2.03. The van der Waals surface area contributed by atoms with E-state index in [-0.39, 0.29) is 21.3 Å². The summed E-state index contributed by atoms with van der Waals surface area (Å²) in [6, 6.07) is 7.29. The van der Waals surface area contributed by atoms with Crippen molar-refractivity contribution in [3.8, 4) is 0 Å². The molecule has 21 heavy (non-hydrogen) atoms. The van der Waals surface area contributed by atoms with Gasteiger partial charge in [0, 0.05) is 0 Å². The summed E-state index contributed by atoms with van der Waals surface area (Å²) in [6.07, 6.45) is 0. The molecule has 0 aliphatic heterocycles. The van der Waals surface area contributed by atoms with Crippen LogP contribution in [0.1, 0.15) is 10.5 Å². The lowest BCUT2D eigenvalue weighted by atomic mass is 10.3. The standard InChI is InChI=1S/C12H9ClFN3O3S/c13-8-5-4-7(21(15,19)20)6-10(8)17-12(18)9-2-1-3-11(14)16-9/h1-6H,(H,17,18)(H2,15,19,20). The molecule has 9 heteroatoms. The van der Waals surface area contributed by atoms with Crippen molar-refractivity contribution < 1.29 is 17.6 Å². The average molecular weight is 330 g/mol. The van der Waals surface area contributed by atoms with E-state index < -0.39 is 21.9 Å². The first-order valence-electron chi connectivity index (χ1n) is 5.53. The zero-order valence-corrected chi connectivity index (χ0v) is 12.0. The topological polar surface area (TPSA) is 102 Å². The Bertz CT molecular complexity index is 811. The number of halogens is 2. The molecule has 1 heterocycles. The lowest BCUT2D eigenvalue weighted by Crippen LogP contribution is -2.16. The Labute approximate surface area is 124 Å². The van der Waals surface area contributed by atoms with Gasteiger partial charge in [0.1, 0.15) is 5.69 Å². The van der Waals surface area contributed by atoms with Gasteiger partial charge in [0.2, 0.25) is 16.0 Å². The van der Waals surface area contributed by atoms with Crippen molar-refractivity contribution in [2.75, 3.05) is 5.32 Å². The fourth-order valence-corrected chi connectivity index (χ4v) is 2.20. The molecule has 1 aromatic carbocycles. The lowest BCUT2D eigenvalue weighted by molar-refractivity contribution is 0.102. The maximum absolute atomic E-state index is 13.0. The van der Waals surface area contributed by atoms with Gasteiger partial charge in [-0.25, -0.2) is 18.5 Å². The fourth-order valence-electron chi connectivity index (χ4n) is 1.50. The molecule has 0 radical (unpaired) electrons. The number of anilines is 1. The number of aromatic nitrogens is 1. The van der Waals surface area contributed by atoms with Crippen molar-refractivity contribution in [2.24, 2.45) is 5.14 Å². The summed E-state index contributed by atoms with van der Waals surface area (Å²) in [5.74, 6) is -1.55. The van der Waals surface area contributed by atoms with Gasteiger partial charge in [0.25, 0.3) is 5.91 Å². The molecule has 0 aliphatic carbocycles. The lowest BCUT2D eigenvalue weighted by Gasteiger charge is -2.08. The van der Waals surface area contributed by atoms with Crippen molar-refractivity contribution in [1.82, 2.24) is 4.98 Å². The Balaban J connectivity index is 2.33. The third-order valence-electron chi connectivity index (χ3n) is 2.46. The molecular weight excluding hydrogens is 321 g/mol. The number of rotatable bonds is 3. The number of pyridine rings is 1. The average Bonchev–Trinajstić information content (AvgIpc) is 2.40. The molecule has 0 atom stereocenters. The molecule has 0 fully saturated rings. The second kappa shape index (κ2) is 5.76. The number of nitrogens with two attached hydrogens (primary N) is 1. The molecule has 0 saturated heterocycles. The van der Waals surface area contributed by atoms with Crippen molar-refractivity contribution in [3.63, 3.8) is 0 Å². The van der Waals surface area contributed by atoms with Crippen molar-refractivity contribution in [2.45, 2.75) is 4.90 Å². The fraction of sp³-hybridized carbons (Fsp3) is 0. The van der Waals surface area contributed by atoms with E-state index in [0.29, 0.717) is 0 Å². The van der Waals surface area contributed by atoms with Crippen molar-refractivity contribution in [3.05, 3.63) is 53.1 Å². The largest absolute Gasteiger partial charge is 0.319 e. The molecule has 2 rings (SSSR count). The van der Waals surface area contributed by atoms with Crippen LogP contribution in [-0.2, 0) is 10.0 Å². The van der Waals surface area contributed by atoms with E-state index in [1.807, 2.05) is 0 Å². The number of carbonyl (C=O) groups is 1. The molecule has 110 valence electrons. The monoisotopic (exact) mass is 329 g/mol. The van der Waals surface area contributed by atoms with Crippen LogP contribution >= 0.6 is 11.6 Å². The summed E-state index contributed by atoms with van der Waals surface area (Å²) in [5.41, 5.74) is -0.147. The van der Waals surface area contributed by atoms with Crippen LogP contribution in [0.3, 0.4) is 0 Å². The highest BCUT2D eigenvalue weighted by Gasteiger charge is 2.14. The second-order valence-electron chi connectivity index (χ2n) is 3.99. The van der Waals surface area contributed by atoms with E-state index in [1.54, 1.807) is 0 Å². The summed E-state index contributed by atoms with van der Waals surface area (Å²) in [6.45, 7) is 0. The highest BCUT2D eigenvalue weighted by Crippen LogP contribution is 2.25. The van der Waals surface area contributed by atoms with Gasteiger partial charge in [0.15, 0.2) is 0 Å². The maximum atomic E-state index is 13.0. The molecule has 2 aromatic rings. The summed E-state index contributed by atoms with van der Waals surface area (Å²) >= 11 is 5.86. The number of amides is 1. The highest BCUT2D eigenvalue weighted by molar-refractivity contribution is 7.89. The summed E-state index contributed by atoms with van der Waals surface area (Å²) in [5, 5.41) is 7.44. The summed E-state index contributed by atoms with van der Waals surface area (Å²) in [7, 11) is -3.93. The molecule has 0 aliphatic rings. The number of hydrogen-bond donors (Lipinski definition) is 2. The minimum atomic E-state index is -3.93. The van der Waals surface area contributed by atoms with Crippen LogP contribution in [0.2, 0.25) is 5.02 Å². The normalized spacial score (nSPS) is 11.2. The summed E-state index contributed by atoms with van der Waals surface area (Å²) < 4.78 is 35.5. The minimum absolute atomic E-state index is 0.0271. The third-order valence-corrected chi connectivity index (χ3v) is 3.70. The zero-order valence-electron chi connectivity index (χ0n) is 10.4. The molecule has 0 bridgehead atoms. The van der Waals surface area contributed by atoms with E-state index in [2.05, 4.69) is 10.3 Å². The van der Waals surface area contributed by atoms with Crippen LogP contribution in [0.15, 0.2) is 41.3 Å². The van der Waals surface area contributed by atoms with Crippen molar-refractivity contribution >= 4 is 33.2 Å². The van der Waals surface area contributed by atoms with Gasteiger partial charge < -0.3 is 5.32 Å². The predicted molar refractivity (Wildman–Crippen MR) is 75.0 cm³/mol. The van der Waals surface area contributed by atoms with E-state index >= 15 is 0 Å². The zero-order chi connectivity index (χ0) is 15.6. The van der Waals surface area contributed by atoms with Crippen LogP contribution in [0.4, 0.5) is 10.1 Å². The highest BCUT2D eigenvalue weighted by atomic mass is 35.5. The molecule has 0 unspecified atom stereocenters. The van der Waals surface area contributed by atoms with Crippen LogP contribution in [0.5, 0.6) is 0 Å². The SMILES string of the molecule is NS(=O)(=O)c1ccc(Cl)c(NC(=O)c2cccc(F)n2)c1. The van der Waals surface area contributed by atoms with E-state index in [1.165, 1.54) is 24.3 Å². The van der Waals surface area contributed by atoms with Gasteiger partial charge in [-0.3, -0.25) is 4.79 Å². The molecule has 6 nitrogen and oxygen atoms in total. The second-order valence-corrected chi connectivity index (χ2v) is 5.95. The van der Waals surface area contributed by atoms with Crippen molar-refractivity contribution in [1.29, 1.82) is 0 Å². The maximum Gasteiger partial charge on any atom is 0.274 e. The molecule has 1 amide bonds. The van der Waals surface area contributed by atoms with Crippen LogP contribution in [0, 0.1) is 5.95 Å². The Kier molecular flexibility index (Phi) is 4.21. The Morgan fingerprint density at radius 3 is 2.62 bits per heavy atom. The molecule has 1 aromatic heterocycles. The number of nitrogens with one attached hydrogen (secondary N) is 1. The first-order valence-corrected chi connectivity index (χ1v) is 7.46. The predicted octanol–water partition coefficient (Wildman–Crippen LogP) is 1.77. The summed E-state index contributed by atoms with van der Waals surface area (Å²) in [4.78, 5) is 15.1. The van der Waals surface area contributed by atoms with Gasteiger partial charge in [-0.15, -0.1) is 0 Å². The van der Waals surface area contributed by atoms with Gasteiger partial charge in [-0.05, 0) is 30.3 Å². The Morgan fingerprint density at radius 2 is 2.00 bits per heavy atom. The molecule has 3 N–H and O–H groups in total. The van der Waals surface area contributed by atoms with Gasteiger partial charge in [0.05, 0.1) is 15.6 Å². The smallest absolute Gasteiger partial charge is 0.274 e. The van der Waals surface area contributed by atoms with Crippen LogP contribution in [0.25, 0.3) is 0 Å². The van der Waals surface area contributed by atoms with E-state index in [4.69, 9.17) is 16.7 Å². The number of benzene rings is 1. The first-order chi connectivity index (χ1) is 9.77. The number of hydrogen-bond acceptors (Lipinski definition) is 4. The Morgan fingerprint density at radius 1 is 1.29 bits per heavy atom. The number of carbonyl (C=O) groups excluding carboxylic acids is 1.